The average Bonchev–Trinajstić information content (AvgIpc) is 3.16. The maximum atomic E-state index is 12.8. The number of nitrogens with zero attached hydrogens (tertiary/aromatic N) is 2. The lowest BCUT2D eigenvalue weighted by molar-refractivity contribution is -0.136. The van der Waals surface area contributed by atoms with Gasteiger partial charge in [0.05, 0.1) is 17.5 Å². The third kappa shape index (κ3) is 4.18. The molecule has 1 saturated heterocycles. The molecule has 1 aromatic heterocycles. The second-order valence-corrected chi connectivity index (χ2v) is 7.43. The molecular weight excluding hydrogens is 370 g/mol. The fourth-order valence-corrected chi connectivity index (χ4v) is 3.81. The first-order chi connectivity index (χ1) is 14.0. The number of aromatic amines is 1. The molecule has 1 amide bonds. The second kappa shape index (κ2) is 7.87. The first kappa shape index (κ1) is 18.9. The first-order valence-electron chi connectivity index (χ1n) is 9.57. The van der Waals surface area contributed by atoms with Crippen molar-refractivity contribution in [2.24, 2.45) is 5.92 Å². The lowest BCUT2D eigenvalue weighted by Gasteiger charge is -2.16. The molecule has 1 aliphatic rings. The molecule has 1 atom stereocenters. The van der Waals surface area contributed by atoms with Gasteiger partial charge in [0.25, 0.3) is 11.5 Å². The fourth-order valence-electron chi connectivity index (χ4n) is 3.81. The Bertz CT molecular complexity index is 1120. The summed E-state index contributed by atoms with van der Waals surface area (Å²) < 4.78 is 0. The molecular formula is C22H21N3O4. The van der Waals surface area contributed by atoms with Crippen LogP contribution in [0.3, 0.4) is 0 Å². The van der Waals surface area contributed by atoms with Crippen molar-refractivity contribution in [3.63, 3.8) is 0 Å². The molecule has 0 radical (unpaired) electrons. The zero-order valence-electron chi connectivity index (χ0n) is 15.8. The number of amides is 1. The maximum Gasteiger partial charge on any atom is 0.307 e. The first-order valence-corrected chi connectivity index (χ1v) is 9.57. The molecule has 148 valence electrons. The summed E-state index contributed by atoms with van der Waals surface area (Å²) in [6, 6.07) is 14.7. The number of aromatic nitrogens is 2. The molecule has 0 saturated carbocycles. The lowest BCUT2D eigenvalue weighted by Crippen LogP contribution is -2.34. The Morgan fingerprint density at radius 2 is 1.83 bits per heavy atom. The van der Waals surface area contributed by atoms with Crippen LogP contribution in [0.1, 0.15) is 28.0 Å². The predicted molar refractivity (Wildman–Crippen MR) is 108 cm³/mol. The summed E-state index contributed by atoms with van der Waals surface area (Å²) in [6.07, 6.45) is 1.67. The summed E-state index contributed by atoms with van der Waals surface area (Å²) in [5.41, 5.74) is 2.55. The van der Waals surface area contributed by atoms with Crippen LogP contribution in [0.4, 0.5) is 0 Å². The number of H-pyrrole nitrogens is 1. The number of likely N-dealkylation sites (tertiary alicyclic amines) is 1. The monoisotopic (exact) mass is 391 g/mol. The molecule has 2 N–H and O–H groups in total. The Morgan fingerprint density at radius 3 is 2.59 bits per heavy atom. The van der Waals surface area contributed by atoms with E-state index < -0.39 is 11.5 Å². The number of hydrogen-bond donors (Lipinski definition) is 2. The van der Waals surface area contributed by atoms with Crippen molar-refractivity contribution in [3.8, 4) is 0 Å². The van der Waals surface area contributed by atoms with Crippen molar-refractivity contribution in [1.29, 1.82) is 0 Å². The topological polar surface area (TPSA) is 103 Å². The molecule has 1 fully saturated rings. The van der Waals surface area contributed by atoms with Crippen LogP contribution in [0.5, 0.6) is 0 Å². The molecule has 7 heteroatoms. The SMILES string of the molecule is O=C(O)Cc1ccc(CC2CCN(C(=O)c3nc4ccccc4[nH]c3=O)C2)cc1. The summed E-state index contributed by atoms with van der Waals surface area (Å²) in [5.74, 6) is -0.889. The van der Waals surface area contributed by atoms with Gasteiger partial charge in [-0.05, 0) is 42.0 Å². The van der Waals surface area contributed by atoms with Crippen LogP contribution in [0.25, 0.3) is 11.0 Å². The lowest BCUT2D eigenvalue weighted by atomic mass is 9.97. The maximum absolute atomic E-state index is 12.8. The Kier molecular flexibility index (Phi) is 5.12. The van der Waals surface area contributed by atoms with Gasteiger partial charge in [0.1, 0.15) is 0 Å². The number of para-hydroxylation sites is 2. The summed E-state index contributed by atoms with van der Waals surface area (Å²) >= 11 is 0. The number of nitrogens with one attached hydrogen (secondary N) is 1. The summed E-state index contributed by atoms with van der Waals surface area (Å²) in [7, 11) is 0. The molecule has 0 bridgehead atoms. The number of hydrogen-bond acceptors (Lipinski definition) is 4. The minimum atomic E-state index is -0.847. The van der Waals surface area contributed by atoms with Gasteiger partial charge in [-0.15, -0.1) is 0 Å². The van der Waals surface area contributed by atoms with E-state index in [1.54, 1.807) is 23.1 Å². The molecule has 1 unspecified atom stereocenters. The third-order valence-electron chi connectivity index (χ3n) is 5.28. The van der Waals surface area contributed by atoms with Gasteiger partial charge in [-0.25, -0.2) is 4.98 Å². The van der Waals surface area contributed by atoms with Gasteiger partial charge in [0.2, 0.25) is 0 Å². The van der Waals surface area contributed by atoms with Gasteiger partial charge >= 0.3 is 5.97 Å². The van der Waals surface area contributed by atoms with E-state index in [4.69, 9.17) is 5.11 Å². The quantitative estimate of drug-likeness (QED) is 0.694. The van der Waals surface area contributed by atoms with Crippen LogP contribution in [0.2, 0.25) is 0 Å². The number of carboxylic acids is 1. The molecule has 0 aliphatic carbocycles. The minimum absolute atomic E-state index is 0.0132. The highest BCUT2D eigenvalue weighted by atomic mass is 16.4. The van der Waals surface area contributed by atoms with Crippen molar-refractivity contribution in [2.75, 3.05) is 13.1 Å². The van der Waals surface area contributed by atoms with E-state index in [1.807, 2.05) is 30.3 Å². The Hall–Kier alpha value is -3.48. The van der Waals surface area contributed by atoms with Crippen LogP contribution in [-0.4, -0.2) is 44.9 Å². The molecule has 2 aromatic carbocycles. The summed E-state index contributed by atoms with van der Waals surface area (Å²) in [5, 5.41) is 8.85. The standard InChI is InChI=1S/C22H21N3O4/c26-19(27)12-15-7-5-14(6-8-15)11-16-9-10-25(13-16)22(29)20-21(28)24-18-4-2-1-3-17(18)23-20/h1-8,16H,9-13H2,(H,24,28)(H,26,27). The number of carbonyl (C=O) groups is 2. The highest BCUT2D eigenvalue weighted by Crippen LogP contribution is 2.22. The van der Waals surface area contributed by atoms with E-state index in [2.05, 4.69) is 9.97 Å². The van der Waals surface area contributed by atoms with Gasteiger partial charge in [-0.3, -0.25) is 14.4 Å². The number of rotatable bonds is 5. The van der Waals surface area contributed by atoms with Crippen molar-refractivity contribution in [1.82, 2.24) is 14.9 Å². The average molecular weight is 391 g/mol. The molecule has 0 spiro atoms. The van der Waals surface area contributed by atoms with Gasteiger partial charge in [-0.2, -0.15) is 0 Å². The van der Waals surface area contributed by atoms with Crippen molar-refractivity contribution < 1.29 is 14.7 Å². The van der Waals surface area contributed by atoms with Crippen LogP contribution in [-0.2, 0) is 17.6 Å². The number of fused-ring (bicyclic) bond motifs is 1. The molecule has 7 nitrogen and oxygen atoms in total. The number of carbonyl (C=O) groups excluding carboxylic acids is 1. The Balaban J connectivity index is 1.43. The normalized spacial score (nSPS) is 16.3. The summed E-state index contributed by atoms with van der Waals surface area (Å²) in [4.78, 5) is 44.6. The van der Waals surface area contributed by atoms with E-state index in [0.29, 0.717) is 30.0 Å². The van der Waals surface area contributed by atoms with E-state index in [0.717, 1.165) is 24.0 Å². The fraction of sp³-hybridized carbons (Fsp3) is 0.273. The van der Waals surface area contributed by atoms with Crippen LogP contribution in [0, 0.1) is 5.92 Å². The third-order valence-corrected chi connectivity index (χ3v) is 5.28. The van der Waals surface area contributed by atoms with Crippen LogP contribution < -0.4 is 5.56 Å². The number of benzene rings is 2. The molecule has 4 rings (SSSR count). The van der Waals surface area contributed by atoms with Gasteiger partial charge in [-0.1, -0.05) is 36.4 Å². The second-order valence-electron chi connectivity index (χ2n) is 7.43. The highest BCUT2D eigenvalue weighted by molar-refractivity contribution is 5.93. The van der Waals surface area contributed by atoms with E-state index >= 15 is 0 Å². The van der Waals surface area contributed by atoms with Crippen molar-refractivity contribution >= 4 is 22.9 Å². The largest absolute Gasteiger partial charge is 0.481 e. The molecule has 3 aromatic rings. The van der Waals surface area contributed by atoms with Crippen molar-refractivity contribution in [2.45, 2.75) is 19.3 Å². The smallest absolute Gasteiger partial charge is 0.307 e. The van der Waals surface area contributed by atoms with E-state index in [1.165, 1.54) is 0 Å². The van der Waals surface area contributed by atoms with Gasteiger partial charge in [0, 0.05) is 13.1 Å². The van der Waals surface area contributed by atoms with Gasteiger partial charge < -0.3 is 15.0 Å². The molecule has 1 aliphatic heterocycles. The van der Waals surface area contributed by atoms with Gasteiger partial charge in [0.15, 0.2) is 5.69 Å². The molecule has 29 heavy (non-hydrogen) atoms. The highest BCUT2D eigenvalue weighted by Gasteiger charge is 2.29. The number of aliphatic carboxylic acids is 1. The van der Waals surface area contributed by atoms with Crippen LogP contribution >= 0.6 is 0 Å². The Morgan fingerprint density at radius 1 is 1.10 bits per heavy atom. The number of carboxylic acid groups (broad SMARTS) is 1. The zero-order valence-corrected chi connectivity index (χ0v) is 15.8. The predicted octanol–water partition coefficient (Wildman–Crippen LogP) is 2.25. The minimum Gasteiger partial charge on any atom is -0.481 e. The van der Waals surface area contributed by atoms with E-state index in [9.17, 15) is 14.4 Å². The summed E-state index contributed by atoms with van der Waals surface area (Å²) in [6.45, 7) is 1.16. The van der Waals surface area contributed by atoms with Crippen LogP contribution in [0.15, 0.2) is 53.3 Å². The Labute approximate surface area is 167 Å². The van der Waals surface area contributed by atoms with E-state index in [-0.39, 0.29) is 18.0 Å². The van der Waals surface area contributed by atoms with Crippen molar-refractivity contribution in [3.05, 3.63) is 75.7 Å². The molecule has 2 heterocycles. The zero-order chi connectivity index (χ0) is 20.4.